The van der Waals surface area contributed by atoms with Crippen molar-refractivity contribution in [2.45, 2.75) is 33.3 Å². The van der Waals surface area contributed by atoms with Crippen molar-refractivity contribution in [1.82, 2.24) is 0 Å². The van der Waals surface area contributed by atoms with Crippen molar-refractivity contribution in [3.8, 4) is 11.5 Å². The van der Waals surface area contributed by atoms with Gasteiger partial charge in [0.15, 0.2) is 11.5 Å². The van der Waals surface area contributed by atoms with Crippen LogP contribution in [0.3, 0.4) is 0 Å². The topological polar surface area (TPSA) is 35.5 Å². The van der Waals surface area contributed by atoms with Crippen molar-refractivity contribution in [3.63, 3.8) is 0 Å². The van der Waals surface area contributed by atoms with Gasteiger partial charge in [-0.05, 0) is 17.2 Å². The molecule has 23 heavy (non-hydrogen) atoms. The normalized spacial score (nSPS) is 12.8. The number of rotatable bonds is 6. The van der Waals surface area contributed by atoms with E-state index < -0.39 is 0 Å². The van der Waals surface area contributed by atoms with Gasteiger partial charge in [0, 0.05) is 24.3 Å². The van der Waals surface area contributed by atoms with E-state index in [1.807, 2.05) is 50.2 Å². The zero-order valence-corrected chi connectivity index (χ0v) is 13.7. The molecule has 1 heterocycles. The third kappa shape index (κ3) is 3.73. The number of fused-ring (bicyclic) bond motifs is 1. The van der Waals surface area contributed by atoms with E-state index in [1.165, 1.54) is 0 Å². The SMILES string of the molecule is CC(C)C(=O)Cc1cc2c(c(OCc3ccccc3)c1)OCC2. The van der Waals surface area contributed by atoms with Crippen molar-refractivity contribution in [2.75, 3.05) is 6.61 Å². The maximum Gasteiger partial charge on any atom is 0.164 e. The van der Waals surface area contributed by atoms with Gasteiger partial charge >= 0.3 is 0 Å². The molecule has 0 unspecified atom stereocenters. The van der Waals surface area contributed by atoms with Crippen LogP contribution >= 0.6 is 0 Å². The summed E-state index contributed by atoms with van der Waals surface area (Å²) in [5.74, 6) is 1.88. The molecule has 0 saturated carbocycles. The van der Waals surface area contributed by atoms with E-state index in [9.17, 15) is 4.79 Å². The smallest absolute Gasteiger partial charge is 0.164 e. The Hall–Kier alpha value is -2.29. The van der Waals surface area contributed by atoms with Gasteiger partial charge in [-0.25, -0.2) is 0 Å². The van der Waals surface area contributed by atoms with Gasteiger partial charge in [0.2, 0.25) is 0 Å². The molecule has 0 spiro atoms. The Kier molecular flexibility index (Phi) is 4.65. The molecular weight excluding hydrogens is 288 g/mol. The van der Waals surface area contributed by atoms with Gasteiger partial charge in [-0.1, -0.05) is 50.2 Å². The highest BCUT2D eigenvalue weighted by molar-refractivity contribution is 5.83. The lowest BCUT2D eigenvalue weighted by Crippen LogP contribution is -2.10. The molecule has 3 rings (SSSR count). The highest BCUT2D eigenvalue weighted by Crippen LogP contribution is 2.37. The number of ketones is 1. The zero-order chi connectivity index (χ0) is 16.2. The van der Waals surface area contributed by atoms with Crippen LogP contribution in [0.5, 0.6) is 11.5 Å². The van der Waals surface area contributed by atoms with E-state index in [0.717, 1.165) is 34.6 Å². The molecule has 0 N–H and O–H groups in total. The number of benzene rings is 2. The molecule has 1 aliphatic rings. The van der Waals surface area contributed by atoms with Crippen LogP contribution in [0, 0.1) is 5.92 Å². The molecule has 0 aliphatic carbocycles. The fraction of sp³-hybridized carbons (Fsp3) is 0.350. The molecule has 3 heteroatoms. The van der Waals surface area contributed by atoms with E-state index >= 15 is 0 Å². The van der Waals surface area contributed by atoms with Gasteiger partial charge in [-0.3, -0.25) is 4.79 Å². The average Bonchev–Trinajstić information content (AvgIpc) is 3.02. The first-order chi connectivity index (χ1) is 11.1. The van der Waals surface area contributed by atoms with Gasteiger partial charge in [-0.2, -0.15) is 0 Å². The summed E-state index contributed by atoms with van der Waals surface area (Å²) in [5.41, 5.74) is 3.26. The van der Waals surface area contributed by atoms with Crippen molar-refractivity contribution in [2.24, 2.45) is 5.92 Å². The Morgan fingerprint density at radius 2 is 1.96 bits per heavy atom. The summed E-state index contributed by atoms with van der Waals surface area (Å²) in [7, 11) is 0. The summed E-state index contributed by atoms with van der Waals surface area (Å²) in [6.45, 7) is 5.05. The number of hydrogen-bond acceptors (Lipinski definition) is 3. The molecule has 0 aromatic heterocycles. The third-order valence-corrected chi connectivity index (χ3v) is 4.07. The fourth-order valence-corrected chi connectivity index (χ4v) is 2.69. The maximum atomic E-state index is 12.0. The first-order valence-electron chi connectivity index (χ1n) is 8.11. The van der Waals surface area contributed by atoms with Gasteiger partial charge in [0.1, 0.15) is 12.4 Å². The minimum Gasteiger partial charge on any atom is -0.489 e. The van der Waals surface area contributed by atoms with Gasteiger partial charge in [0.25, 0.3) is 0 Å². The zero-order valence-electron chi connectivity index (χ0n) is 13.7. The van der Waals surface area contributed by atoms with Crippen LogP contribution in [-0.2, 0) is 24.2 Å². The van der Waals surface area contributed by atoms with Gasteiger partial charge in [0.05, 0.1) is 6.61 Å². The van der Waals surface area contributed by atoms with Crippen LogP contribution in [0.2, 0.25) is 0 Å². The van der Waals surface area contributed by atoms with Crippen molar-refractivity contribution in [1.29, 1.82) is 0 Å². The lowest BCUT2D eigenvalue weighted by Gasteiger charge is -2.13. The summed E-state index contributed by atoms with van der Waals surface area (Å²) < 4.78 is 11.7. The van der Waals surface area contributed by atoms with Crippen LogP contribution in [0.1, 0.15) is 30.5 Å². The Labute approximate surface area is 137 Å². The highest BCUT2D eigenvalue weighted by Gasteiger charge is 2.20. The minimum atomic E-state index is 0.0493. The van der Waals surface area contributed by atoms with Gasteiger partial charge < -0.3 is 9.47 Å². The maximum absolute atomic E-state index is 12.0. The summed E-state index contributed by atoms with van der Waals surface area (Å²) in [6, 6.07) is 14.1. The fourth-order valence-electron chi connectivity index (χ4n) is 2.69. The second-order valence-corrected chi connectivity index (χ2v) is 6.25. The summed E-state index contributed by atoms with van der Waals surface area (Å²) in [4.78, 5) is 12.0. The molecule has 120 valence electrons. The number of carbonyl (C=O) groups excluding carboxylic acids is 1. The first kappa shape index (κ1) is 15.6. The number of Topliss-reactive ketones (excluding diaryl/α,β-unsaturated/α-hetero) is 1. The molecule has 0 saturated heterocycles. The molecule has 0 amide bonds. The standard InChI is InChI=1S/C20H22O3/c1-14(2)18(21)11-16-10-17-8-9-22-20(17)19(12-16)23-13-15-6-4-3-5-7-15/h3-7,10,12,14H,8-9,11,13H2,1-2H3. The Balaban J connectivity index is 1.81. The lowest BCUT2D eigenvalue weighted by molar-refractivity contribution is -0.121. The second kappa shape index (κ2) is 6.86. The molecule has 3 nitrogen and oxygen atoms in total. The third-order valence-electron chi connectivity index (χ3n) is 4.07. The highest BCUT2D eigenvalue weighted by atomic mass is 16.5. The van der Waals surface area contributed by atoms with Gasteiger partial charge in [-0.15, -0.1) is 0 Å². The average molecular weight is 310 g/mol. The Bertz CT molecular complexity index is 690. The summed E-state index contributed by atoms with van der Waals surface area (Å²) in [6.07, 6.45) is 1.33. The van der Waals surface area contributed by atoms with Crippen molar-refractivity contribution >= 4 is 5.78 Å². The molecule has 0 fully saturated rings. The molecule has 0 radical (unpaired) electrons. The molecule has 1 aliphatic heterocycles. The number of hydrogen-bond donors (Lipinski definition) is 0. The summed E-state index contributed by atoms with van der Waals surface area (Å²) >= 11 is 0. The van der Waals surface area contributed by atoms with Crippen LogP contribution in [0.25, 0.3) is 0 Å². The van der Waals surface area contributed by atoms with E-state index in [-0.39, 0.29) is 11.7 Å². The van der Waals surface area contributed by atoms with Crippen molar-refractivity contribution < 1.29 is 14.3 Å². The van der Waals surface area contributed by atoms with Crippen LogP contribution in [-0.4, -0.2) is 12.4 Å². The van der Waals surface area contributed by atoms with E-state index in [0.29, 0.717) is 19.6 Å². The van der Waals surface area contributed by atoms with E-state index in [2.05, 4.69) is 6.07 Å². The molecule has 2 aromatic carbocycles. The van der Waals surface area contributed by atoms with Crippen molar-refractivity contribution in [3.05, 3.63) is 59.2 Å². The first-order valence-corrected chi connectivity index (χ1v) is 8.11. The van der Waals surface area contributed by atoms with Crippen LogP contribution in [0.15, 0.2) is 42.5 Å². The molecule has 2 aromatic rings. The quantitative estimate of drug-likeness (QED) is 0.810. The van der Waals surface area contributed by atoms with E-state index in [1.54, 1.807) is 0 Å². The van der Waals surface area contributed by atoms with E-state index in [4.69, 9.17) is 9.47 Å². The van der Waals surface area contributed by atoms with Crippen LogP contribution < -0.4 is 9.47 Å². The molecular formula is C20H22O3. The number of ether oxygens (including phenoxy) is 2. The molecule has 0 bridgehead atoms. The largest absolute Gasteiger partial charge is 0.489 e. The number of carbonyl (C=O) groups is 1. The second-order valence-electron chi connectivity index (χ2n) is 6.25. The molecule has 0 atom stereocenters. The van der Waals surface area contributed by atoms with Crippen LogP contribution in [0.4, 0.5) is 0 Å². The predicted molar refractivity (Wildman–Crippen MR) is 90.0 cm³/mol. The minimum absolute atomic E-state index is 0.0493. The Morgan fingerprint density at radius 3 is 2.70 bits per heavy atom. The summed E-state index contributed by atoms with van der Waals surface area (Å²) in [5, 5.41) is 0. The Morgan fingerprint density at radius 1 is 1.17 bits per heavy atom. The monoisotopic (exact) mass is 310 g/mol. The lowest BCUT2D eigenvalue weighted by atomic mass is 9.98. The predicted octanol–water partition coefficient (Wildman–Crippen LogP) is 3.97.